The maximum Gasteiger partial charge on any atom is 0.354 e. The predicted octanol–water partition coefficient (Wildman–Crippen LogP) is 1.69. The molecule has 1 aromatic rings. The van der Waals surface area contributed by atoms with E-state index < -0.39 is 0 Å². The summed E-state index contributed by atoms with van der Waals surface area (Å²) in [5.41, 5.74) is 0.551. The van der Waals surface area contributed by atoms with Crippen LogP contribution in [0.2, 0.25) is 0 Å². The number of aromatic nitrogens is 1. The van der Waals surface area contributed by atoms with Gasteiger partial charge in [0.05, 0.1) is 13.2 Å². The molecule has 0 saturated heterocycles. The Morgan fingerprint density at radius 1 is 1.64 bits per heavy atom. The normalized spacial score (nSPS) is 9.00. The van der Waals surface area contributed by atoms with Crippen LogP contribution in [0, 0.1) is 11.8 Å². The molecule has 0 radical (unpaired) electrons. The molecule has 0 saturated carbocycles. The van der Waals surface area contributed by atoms with Crippen LogP contribution in [-0.2, 0) is 11.3 Å². The monoisotopic (exact) mass is 191 g/mol. The molecule has 0 aliphatic carbocycles. The van der Waals surface area contributed by atoms with Crippen LogP contribution in [0.5, 0.6) is 0 Å². The molecule has 0 aromatic carbocycles. The number of hydrogen-bond acceptors (Lipinski definition) is 2. The average molecular weight is 191 g/mol. The Morgan fingerprint density at radius 2 is 2.43 bits per heavy atom. The predicted molar refractivity (Wildman–Crippen MR) is 53.8 cm³/mol. The summed E-state index contributed by atoms with van der Waals surface area (Å²) in [7, 11) is 0. The van der Waals surface area contributed by atoms with Gasteiger partial charge in [-0.05, 0) is 26.0 Å². The summed E-state index contributed by atoms with van der Waals surface area (Å²) >= 11 is 0. The van der Waals surface area contributed by atoms with Gasteiger partial charge in [0.1, 0.15) is 5.69 Å². The van der Waals surface area contributed by atoms with Gasteiger partial charge in [-0.3, -0.25) is 0 Å². The van der Waals surface area contributed by atoms with Crippen molar-refractivity contribution in [1.82, 2.24) is 4.57 Å². The van der Waals surface area contributed by atoms with Crippen LogP contribution >= 0.6 is 0 Å². The van der Waals surface area contributed by atoms with E-state index in [1.54, 1.807) is 24.5 Å². The molecule has 0 aliphatic rings. The Kier molecular flexibility index (Phi) is 3.81. The zero-order valence-electron chi connectivity index (χ0n) is 8.41. The standard InChI is InChI=1S/C11H13NO2/c1-3-5-8-12-9-6-7-10(12)11(13)14-4-2/h6-7,9H,4,8H2,1-2H3. The number of nitrogens with zero attached hydrogens (tertiary/aromatic N) is 1. The maximum absolute atomic E-state index is 11.4. The van der Waals surface area contributed by atoms with Gasteiger partial charge >= 0.3 is 5.97 Å². The second kappa shape index (κ2) is 5.13. The van der Waals surface area contributed by atoms with E-state index in [9.17, 15) is 4.79 Å². The van der Waals surface area contributed by atoms with Crippen molar-refractivity contribution in [2.45, 2.75) is 20.4 Å². The van der Waals surface area contributed by atoms with Crippen LogP contribution in [0.1, 0.15) is 24.3 Å². The minimum atomic E-state index is -0.296. The summed E-state index contributed by atoms with van der Waals surface area (Å²) in [4.78, 5) is 11.4. The molecule has 3 heteroatoms. The van der Waals surface area contributed by atoms with Gasteiger partial charge in [-0.1, -0.05) is 5.92 Å². The summed E-state index contributed by atoms with van der Waals surface area (Å²) in [5.74, 6) is 5.38. The Morgan fingerprint density at radius 3 is 3.07 bits per heavy atom. The minimum absolute atomic E-state index is 0.296. The molecule has 1 aromatic heterocycles. The molecule has 74 valence electrons. The van der Waals surface area contributed by atoms with Crippen molar-refractivity contribution < 1.29 is 9.53 Å². The molecular formula is C11H13NO2. The number of esters is 1. The number of ether oxygens (including phenoxy) is 1. The quantitative estimate of drug-likeness (QED) is 0.537. The van der Waals surface area contributed by atoms with Crippen LogP contribution in [0.15, 0.2) is 18.3 Å². The zero-order chi connectivity index (χ0) is 10.4. The van der Waals surface area contributed by atoms with Crippen molar-refractivity contribution >= 4 is 5.97 Å². The van der Waals surface area contributed by atoms with Crippen LogP contribution in [0.3, 0.4) is 0 Å². The van der Waals surface area contributed by atoms with E-state index in [1.165, 1.54) is 0 Å². The highest BCUT2D eigenvalue weighted by molar-refractivity contribution is 5.87. The molecule has 0 aliphatic heterocycles. The van der Waals surface area contributed by atoms with Gasteiger partial charge in [0.15, 0.2) is 0 Å². The van der Waals surface area contributed by atoms with Gasteiger partial charge in [-0.25, -0.2) is 4.79 Å². The smallest absolute Gasteiger partial charge is 0.354 e. The maximum atomic E-state index is 11.4. The van der Waals surface area contributed by atoms with Crippen LogP contribution in [0.25, 0.3) is 0 Å². The summed E-state index contributed by atoms with van der Waals surface area (Å²) in [6, 6.07) is 3.54. The fourth-order valence-corrected chi connectivity index (χ4v) is 1.11. The summed E-state index contributed by atoms with van der Waals surface area (Å²) in [6.45, 7) is 4.48. The first-order chi connectivity index (χ1) is 6.79. The van der Waals surface area contributed by atoms with Gasteiger partial charge in [0.2, 0.25) is 0 Å². The van der Waals surface area contributed by atoms with Gasteiger partial charge in [0, 0.05) is 6.20 Å². The topological polar surface area (TPSA) is 31.2 Å². The highest BCUT2D eigenvalue weighted by Gasteiger charge is 2.10. The van der Waals surface area contributed by atoms with E-state index in [4.69, 9.17) is 4.74 Å². The fraction of sp³-hybridized carbons (Fsp3) is 0.364. The first-order valence-corrected chi connectivity index (χ1v) is 4.51. The largest absolute Gasteiger partial charge is 0.461 e. The van der Waals surface area contributed by atoms with Crippen molar-refractivity contribution in [3.05, 3.63) is 24.0 Å². The van der Waals surface area contributed by atoms with Crippen LogP contribution in [-0.4, -0.2) is 17.1 Å². The van der Waals surface area contributed by atoms with Crippen molar-refractivity contribution in [3.63, 3.8) is 0 Å². The highest BCUT2D eigenvalue weighted by atomic mass is 16.5. The molecule has 0 fully saturated rings. The summed E-state index contributed by atoms with van der Waals surface area (Å²) in [5, 5.41) is 0. The molecule has 1 heterocycles. The van der Waals surface area contributed by atoms with Crippen molar-refractivity contribution in [2.24, 2.45) is 0 Å². The first kappa shape index (κ1) is 10.4. The van der Waals surface area contributed by atoms with Gasteiger partial charge < -0.3 is 9.30 Å². The average Bonchev–Trinajstić information content (AvgIpc) is 2.63. The lowest BCUT2D eigenvalue weighted by molar-refractivity contribution is 0.0514. The van der Waals surface area contributed by atoms with Crippen molar-refractivity contribution in [3.8, 4) is 11.8 Å². The van der Waals surface area contributed by atoms with E-state index in [0.717, 1.165) is 0 Å². The molecule has 1 rings (SSSR count). The van der Waals surface area contributed by atoms with E-state index in [0.29, 0.717) is 18.8 Å². The molecule has 0 bridgehead atoms. The molecule has 0 spiro atoms. The van der Waals surface area contributed by atoms with Gasteiger partial charge in [0.25, 0.3) is 0 Å². The van der Waals surface area contributed by atoms with Gasteiger partial charge in [-0.2, -0.15) is 0 Å². The first-order valence-electron chi connectivity index (χ1n) is 4.51. The summed E-state index contributed by atoms with van der Waals surface area (Å²) < 4.78 is 6.67. The Labute approximate surface area is 83.7 Å². The molecule has 0 atom stereocenters. The third-order valence-corrected chi connectivity index (χ3v) is 1.74. The third kappa shape index (κ3) is 2.40. The molecule has 0 amide bonds. The number of rotatable bonds is 3. The molecular weight excluding hydrogens is 178 g/mol. The van der Waals surface area contributed by atoms with Crippen molar-refractivity contribution in [2.75, 3.05) is 6.61 Å². The van der Waals surface area contributed by atoms with Crippen LogP contribution < -0.4 is 0 Å². The Hall–Kier alpha value is -1.69. The lowest BCUT2D eigenvalue weighted by atomic mass is 10.4. The number of carbonyl (C=O) groups is 1. The highest BCUT2D eigenvalue weighted by Crippen LogP contribution is 2.03. The fourth-order valence-electron chi connectivity index (χ4n) is 1.11. The van der Waals surface area contributed by atoms with Crippen LogP contribution in [0.4, 0.5) is 0 Å². The van der Waals surface area contributed by atoms with E-state index >= 15 is 0 Å². The SMILES string of the molecule is CC#CCn1cccc1C(=O)OCC. The molecule has 0 unspecified atom stereocenters. The second-order valence-electron chi connectivity index (χ2n) is 2.67. The minimum Gasteiger partial charge on any atom is -0.461 e. The lowest BCUT2D eigenvalue weighted by Gasteiger charge is -2.04. The summed E-state index contributed by atoms with van der Waals surface area (Å²) in [6.07, 6.45) is 1.82. The Balaban J connectivity index is 2.79. The van der Waals surface area contributed by atoms with E-state index in [-0.39, 0.29) is 5.97 Å². The van der Waals surface area contributed by atoms with Crippen molar-refractivity contribution in [1.29, 1.82) is 0 Å². The zero-order valence-corrected chi connectivity index (χ0v) is 8.41. The Bertz CT molecular complexity index is 368. The second-order valence-corrected chi connectivity index (χ2v) is 2.67. The lowest BCUT2D eigenvalue weighted by Crippen LogP contribution is -2.11. The van der Waals surface area contributed by atoms with Gasteiger partial charge in [-0.15, -0.1) is 5.92 Å². The molecule has 3 nitrogen and oxygen atoms in total. The molecule has 0 N–H and O–H groups in total. The third-order valence-electron chi connectivity index (χ3n) is 1.74. The number of carbonyl (C=O) groups excluding carboxylic acids is 1. The van der Waals surface area contributed by atoms with E-state index in [1.807, 2.05) is 12.3 Å². The molecule has 14 heavy (non-hydrogen) atoms. The number of hydrogen-bond donors (Lipinski definition) is 0. The van der Waals surface area contributed by atoms with E-state index in [2.05, 4.69) is 11.8 Å².